The van der Waals surface area contributed by atoms with Gasteiger partial charge in [0.2, 0.25) is 10.0 Å². The van der Waals surface area contributed by atoms with Gasteiger partial charge in [0.1, 0.15) is 0 Å². The Morgan fingerprint density at radius 2 is 1.88 bits per heavy atom. The molecule has 92 valence electrons. The molecule has 0 aromatic carbocycles. The van der Waals surface area contributed by atoms with Gasteiger partial charge in [-0.2, -0.15) is 0 Å². The quantitative estimate of drug-likeness (QED) is 0.573. The highest BCUT2D eigenvalue weighted by Crippen LogP contribution is 2.22. The second-order valence-electron chi connectivity index (χ2n) is 4.36. The van der Waals surface area contributed by atoms with E-state index in [1.165, 1.54) is 6.42 Å². The summed E-state index contributed by atoms with van der Waals surface area (Å²) in [7, 11) is -3.07. The normalized spacial score (nSPS) is 18.2. The molecule has 0 aromatic rings. The van der Waals surface area contributed by atoms with E-state index in [4.69, 9.17) is 6.42 Å². The molecule has 4 heteroatoms. The Hall–Kier alpha value is -0.530. The van der Waals surface area contributed by atoms with E-state index in [1.807, 2.05) is 0 Å². The average molecular weight is 243 g/mol. The van der Waals surface area contributed by atoms with Crippen LogP contribution >= 0.6 is 0 Å². The highest BCUT2D eigenvalue weighted by Gasteiger charge is 2.26. The predicted molar refractivity (Wildman–Crippen MR) is 66.5 cm³/mol. The third kappa shape index (κ3) is 4.54. The SMILES string of the molecule is C#CCCCCNS(=O)(=O)C1CCCCC1. The Balaban J connectivity index is 2.25. The standard InChI is InChI=1S/C12H21NO2S/c1-2-3-4-8-11-13-16(14,15)12-9-6-5-7-10-12/h1,12-13H,3-11H2. The molecule has 1 N–H and O–H groups in total. The minimum Gasteiger partial charge on any atom is -0.215 e. The van der Waals surface area contributed by atoms with Crippen LogP contribution in [0.3, 0.4) is 0 Å². The molecule has 1 saturated carbocycles. The molecule has 1 aliphatic carbocycles. The lowest BCUT2D eigenvalue weighted by molar-refractivity contribution is 0.477. The number of hydrogen-bond donors (Lipinski definition) is 1. The third-order valence-electron chi connectivity index (χ3n) is 3.04. The second-order valence-corrected chi connectivity index (χ2v) is 6.41. The van der Waals surface area contributed by atoms with Crippen LogP contribution in [0.1, 0.15) is 51.4 Å². The molecule has 0 radical (unpaired) electrons. The molecular formula is C12H21NO2S. The number of nitrogens with one attached hydrogen (secondary N) is 1. The Morgan fingerprint density at radius 1 is 1.19 bits per heavy atom. The van der Waals surface area contributed by atoms with Crippen molar-refractivity contribution in [2.24, 2.45) is 0 Å². The van der Waals surface area contributed by atoms with Crippen molar-refractivity contribution in [2.45, 2.75) is 56.6 Å². The fourth-order valence-corrected chi connectivity index (χ4v) is 3.68. The van der Waals surface area contributed by atoms with Crippen molar-refractivity contribution in [1.29, 1.82) is 0 Å². The molecule has 1 rings (SSSR count). The van der Waals surface area contributed by atoms with Crippen molar-refractivity contribution in [3.05, 3.63) is 0 Å². The van der Waals surface area contributed by atoms with Crippen LogP contribution < -0.4 is 4.72 Å². The molecule has 0 saturated heterocycles. The number of sulfonamides is 1. The van der Waals surface area contributed by atoms with Gasteiger partial charge >= 0.3 is 0 Å². The first-order valence-corrected chi connectivity index (χ1v) is 7.63. The molecule has 0 unspecified atom stereocenters. The van der Waals surface area contributed by atoms with Crippen LogP contribution in [0.5, 0.6) is 0 Å². The lowest BCUT2D eigenvalue weighted by atomic mass is 10.0. The molecule has 3 nitrogen and oxygen atoms in total. The van der Waals surface area contributed by atoms with Gasteiger partial charge in [-0.15, -0.1) is 12.3 Å². The Morgan fingerprint density at radius 3 is 2.50 bits per heavy atom. The minimum atomic E-state index is -3.07. The van der Waals surface area contributed by atoms with Gasteiger partial charge in [0.05, 0.1) is 5.25 Å². The van der Waals surface area contributed by atoms with E-state index in [0.29, 0.717) is 6.54 Å². The van der Waals surface area contributed by atoms with E-state index in [-0.39, 0.29) is 5.25 Å². The van der Waals surface area contributed by atoms with Crippen LogP contribution in [-0.2, 0) is 10.0 Å². The van der Waals surface area contributed by atoms with Gasteiger partial charge in [-0.25, -0.2) is 13.1 Å². The largest absolute Gasteiger partial charge is 0.215 e. The molecule has 1 aliphatic rings. The summed E-state index contributed by atoms with van der Waals surface area (Å²) in [6.45, 7) is 0.528. The van der Waals surface area contributed by atoms with Crippen LogP contribution in [0, 0.1) is 12.3 Å². The van der Waals surface area contributed by atoms with Crippen molar-refractivity contribution in [3.8, 4) is 12.3 Å². The summed E-state index contributed by atoms with van der Waals surface area (Å²) in [5.41, 5.74) is 0. The van der Waals surface area contributed by atoms with E-state index >= 15 is 0 Å². The molecule has 0 bridgehead atoms. The number of unbranched alkanes of at least 4 members (excludes halogenated alkanes) is 2. The third-order valence-corrected chi connectivity index (χ3v) is 5.00. The highest BCUT2D eigenvalue weighted by atomic mass is 32.2. The molecule has 0 heterocycles. The van der Waals surface area contributed by atoms with Crippen molar-refractivity contribution >= 4 is 10.0 Å². The summed E-state index contributed by atoms with van der Waals surface area (Å²) in [6, 6.07) is 0. The van der Waals surface area contributed by atoms with Crippen LogP contribution in [0.15, 0.2) is 0 Å². The molecule has 16 heavy (non-hydrogen) atoms. The maximum absolute atomic E-state index is 11.9. The second kappa shape index (κ2) is 6.93. The highest BCUT2D eigenvalue weighted by molar-refractivity contribution is 7.90. The predicted octanol–water partition coefficient (Wildman–Crippen LogP) is 2.04. The molecule has 0 aromatic heterocycles. The summed E-state index contributed by atoms with van der Waals surface area (Å²) in [4.78, 5) is 0. The first kappa shape index (κ1) is 13.5. The maximum Gasteiger partial charge on any atom is 0.214 e. The number of terminal acetylenes is 1. The molecule has 0 atom stereocenters. The van der Waals surface area contributed by atoms with Crippen molar-refractivity contribution in [1.82, 2.24) is 4.72 Å². The number of hydrogen-bond acceptors (Lipinski definition) is 2. The lowest BCUT2D eigenvalue weighted by Gasteiger charge is -2.21. The number of rotatable bonds is 6. The molecular weight excluding hydrogens is 222 g/mol. The van der Waals surface area contributed by atoms with Gasteiger partial charge in [-0.1, -0.05) is 19.3 Å². The summed E-state index contributed by atoms with van der Waals surface area (Å²) >= 11 is 0. The zero-order valence-corrected chi connectivity index (χ0v) is 10.6. The van der Waals surface area contributed by atoms with E-state index in [9.17, 15) is 8.42 Å². The fraction of sp³-hybridized carbons (Fsp3) is 0.833. The van der Waals surface area contributed by atoms with E-state index in [1.54, 1.807) is 0 Å². The van der Waals surface area contributed by atoms with E-state index in [0.717, 1.165) is 44.9 Å². The van der Waals surface area contributed by atoms with Gasteiger partial charge in [0.15, 0.2) is 0 Å². The molecule has 0 amide bonds. The smallest absolute Gasteiger partial charge is 0.214 e. The van der Waals surface area contributed by atoms with Crippen molar-refractivity contribution in [2.75, 3.05) is 6.54 Å². The average Bonchev–Trinajstić information content (AvgIpc) is 2.30. The van der Waals surface area contributed by atoms with Crippen LogP contribution in [0.2, 0.25) is 0 Å². The summed E-state index contributed by atoms with van der Waals surface area (Å²) in [5.74, 6) is 2.55. The van der Waals surface area contributed by atoms with E-state index in [2.05, 4.69) is 10.6 Å². The summed E-state index contributed by atoms with van der Waals surface area (Å²) in [6.07, 6.45) is 12.5. The lowest BCUT2D eigenvalue weighted by Crippen LogP contribution is -2.36. The molecule has 1 fully saturated rings. The Kier molecular flexibility index (Phi) is 5.86. The van der Waals surface area contributed by atoms with Gasteiger partial charge in [0, 0.05) is 13.0 Å². The van der Waals surface area contributed by atoms with Crippen molar-refractivity contribution in [3.63, 3.8) is 0 Å². The fourth-order valence-electron chi connectivity index (χ4n) is 2.06. The first-order chi connectivity index (χ1) is 7.67. The monoisotopic (exact) mass is 243 g/mol. The van der Waals surface area contributed by atoms with Gasteiger partial charge in [-0.3, -0.25) is 0 Å². The van der Waals surface area contributed by atoms with Crippen LogP contribution in [0.25, 0.3) is 0 Å². The zero-order valence-electron chi connectivity index (χ0n) is 9.74. The van der Waals surface area contributed by atoms with Gasteiger partial charge < -0.3 is 0 Å². The van der Waals surface area contributed by atoms with Crippen molar-refractivity contribution < 1.29 is 8.42 Å². The Bertz CT molecular complexity index is 323. The van der Waals surface area contributed by atoms with E-state index < -0.39 is 10.0 Å². The van der Waals surface area contributed by atoms with Crippen LogP contribution in [-0.4, -0.2) is 20.2 Å². The summed E-state index contributed by atoms with van der Waals surface area (Å²) < 4.78 is 26.4. The first-order valence-electron chi connectivity index (χ1n) is 6.09. The van der Waals surface area contributed by atoms with Gasteiger partial charge in [0.25, 0.3) is 0 Å². The summed E-state index contributed by atoms with van der Waals surface area (Å²) in [5, 5.41) is -0.158. The van der Waals surface area contributed by atoms with Gasteiger partial charge in [-0.05, 0) is 25.7 Å². The molecule has 0 aliphatic heterocycles. The molecule has 0 spiro atoms. The zero-order chi connectivity index (χ0) is 11.9. The minimum absolute atomic E-state index is 0.158. The Labute approximate surface area is 99.1 Å². The van der Waals surface area contributed by atoms with Crippen LogP contribution in [0.4, 0.5) is 0 Å². The topological polar surface area (TPSA) is 46.2 Å². The maximum atomic E-state index is 11.9.